The largest absolute Gasteiger partial charge is 0.361 e. The average molecular weight is 491 g/mol. The summed E-state index contributed by atoms with van der Waals surface area (Å²) in [5, 5.41) is 11.6. The Morgan fingerprint density at radius 1 is 1.15 bits per heavy atom. The second-order valence-corrected chi connectivity index (χ2v) is 6.26. The predicted molar refractivity (Wildman–Crippen MR) is 119 cm³/mol. The first-order chi connectivity index (χ1) is 12.2. The number of hydrogen-bond acceptors (Lipinski definition) is 3. The lowest BCUT2D eigenvalue weighted by atomic mass is 10.1. The molecule has 1 aromatic carbocycles. The Kier molecular flexibility index (Phi) is 10.7. The van der Waals surface area contributed by atoms with Gasteiger partial charge >= 0.3 is 0 Å². The number of aromatic nitrogens is 1. The van der Waals surface area contributed by atoms with E-state index in [1.165, 1.54) is 5.56 Å². The zero-order valence-corrected chi connectivity index (χ0v) is 18.7. The molecular weight excluding hydrogens is 463 g/mol. The standard InChI is InChI=1S/C19H27ClN4O.HI/c1-4-17-16(18(5-2)25-24-17)13-23-19(21-3)22-12-6-7-14-8-10-15(20)11-9-14;/h8-11H,4-7,12-13H2,1-3H3,(H2,21,22,23);1H. The SMILES string of the molecule is CCc1noc(CC)c1CNC(=NC)NCCCc1ccc(Cl)cc1.I. The molecule has 0 aliphatic rings. The Morgan fingerprint density at radius 3 is 2.50 bits per heavy atom. The van der Waals surface area contributed by atoms with Gasteiger partial charge < -0.3 is 15.2 Å². The molecule has 2 rings (SSSR count). The quantitative estimate of drug-likeness (QED) is 0.250. The molecule has 144 valence electrons. The molecule has 0 saturated carbocycles. The Hall–Kier alpha value is -1.28. The van der Waals surface area contributed by atoms with Crippen molar-refractivity contribution in [3.05, 3.63) is 51.9 Å². The van der Waals surface area contributed by atoms with Crippen LogP contribution in [0.25, 0.3) is 0 Å². The van der Waals surface area contributed by atoms with Crippen molar-refractivity contribution in [2.45, 2.75) is 46.1 Å². The van der Waals surface area contributed by atoms with E-state index in [-0.39, 0.29) is 24.0 Å². The summed E-state index contributed by atoms with van der Waals surface area (Å²) in [6.45, 7) is 5.69. The third-order valence-electron chi connectivity index (χ3n) is 4.11. The number of guanidine groups is 1. The molecule has 0 aliphatic heterocycles. The van der Waals surface area contributed by atoms with Gasteiger partial charge in [-0.05, 0) is 37.0 Å². The Morgan fingerprint density at radius 2 is 1.88 bits per heavy atom. The van der Waals surface area contributed by atoms with Crippen LogP contribution in [0.1, 0.15) is 42.8 Å². The zero-order chi connectivity index (χ0) is 18.1. The second-order valence-electron chi connectivity index (χ2n) is 5.82. The van der Waals surface area contributed by atoms with Crippen molar-refractivity contribution in [3.63, 3.8) is 0 Å². The van der Waals surface area contributed by atoms with Gasteiger partial charge in [-0.15, -0.1) is 24.0 Å². The molecule has 5 nitrogen and oxygen atoms in total. The van der Waals surface area contributed by atoms with Gasteiger partial charge in [0, 0.05) is 37.1 Å². The lowest BCUT2D eigenvalue weighted by molar-refractivity contribution is 0.380. The summed E-state index contributed by atoms with van der Waals surface area (Å²) in [5.74, 6) is 1.74. The van der Waals surface area contributed by atoms with Crippen LogP contribution in [0.4, 0.5) is 0 Å². The summed E-state index contributed by atoms with van der Waals surface area (Å²) in [5.41, 5.74) is 3.45. The average Bonchev–Trinajstić information content (AvgIpc) is 3.04. The molecule has 0 saturated heterocycles. The van der Waals surface area contributed by atoms with Crippen molar-refractivity contribution in [2.24, 2.45) is 4.99 Å². The first-order valence-corrected chi connectivity index (χ1v) is 9.20. The number of nitrogens with one attached hydrogen (secondary N) is 2. The van der Waals surface area contributed by atoms with Crippen LogP contribution in [-0.4, -0.2) is 24.7 Å². The van der Waals surface area contributed by atoms with Gasteiger partial charge in [0.25, 0.3) is 0 Å². The van der Waals surface area contributed by atoms with E-state index in [2.05, 4.69) is 46.8 Å². The molecule has 0 spiro atoms. The van der Waals surface area contributed by atoms with E-state index in [1.807, 2.05) is 12.1 Å². The number of benzene rings is 1. The van der Waals surface area contributed by atoms with E-state index >= 15 is 0 Å². The van der Waals surface area contributed by atoms with Crippen LogP contribution >= 0.6 is 35.6 Å². The fourth-order valence-corrected chi connectivity index (χ4v) is 2.81. The molecule has 0 amide bonds. The monoisotopic (exact) mass is 490 g/mol. The summed E-state index contributed by atoms with van der Waals surface area (Å²) in [7, 11) is 1.78. The fourth-order valence-electron chi connectivity index (χ4n) is 2.68. The second kappa shape index (κ2) is 12.2. The van der Waals surface area contributed by atoms with E-state index in [9.17, 15) is 0 Å². The third kappa shape index (κ3) is 6.79. The minimum absolute atomic E-state index is 0. The maximum Gasteiger partial charge on any atom is 0.191 e. The first-order valence-electron chi connectivity index (χ1n) is 8.83. The van der Waals surface area contributed by atoms with Crippen LogP contribution < -0.4 is 10.6 Å². The molecule has 0 fully saturated rings. The van der Waals surface area contributed by atoms with Gasteiger partial charge in [-0.2, -0.15) is 0 Å². The molecule has 1 aromatic heterocycles. The van der Waals surface area contributed by atoms with Crippen LogP contribution in [0.5, 0.6) is 0 Å². The summed E-state index contributed by atoms with van der Waals surface area (Å²) in [6, 6.07) is 8.00. The van der Waals surface area contributed by atoms with Crippen LogP contribution in [0.15, 0.2) is 33.8 Å². The molecule has 0 aliphatic carbocycles. The molecule has 2 aromatic rings. The summed E-state index contributed by atoms with van der Waals surface area (Å²) in [6.07, 6.45) is 3.74. The lowest BCUT2D eigenvalue weighted by Gasteiger charge is -2.12. The summed E-state index contributed by atoms with van der Waals surface area (Å²) >= 11 is 5.91. The van der Waals surface area contributed by atoms with Gasteiger partial charge in [-0.25, -0.2) is 0 Å². The number of hydrogen-bond donors (Lipinski definition) is 2. The fraction of sp³-hybridized carbons (Fsp3) is 0.474. The molecule has 26 heavy (non-hydrogen) atoms. The highest BCUT2D eigenvalue weighted by Gasteiger charge is 2.13. The first kappa shape index (κ1) is 22.8. The number of aryl methyl sites for hydroxylation is 3. The maximum atomic E-state index is 5.91. The smallest absolute Gasteiger partial charge is 0.191 e. The summed E-state index contributed by atoms with van der Waals surface area (Å²) < 4.78 is 5.40. The van der Waals surface area contributed by atoms with Crippen molar-refractivity contribution in [1.82, 2.24) is 15.8 Å². The minimum atomic E-state index is 0. The highest BCUT2D eigenvalue weighted by Crippen LogP contribution is 2.15. The van der Waals surface area contributed by atoms with Crippen molar-refractivity contribution in [3.8, 4) is 0 Å². The van der Waals surface area contributed by atoms with Crippen LogP contribution in [0.2, 0.25) is 5.02 Å². The number of aliphatic imine (C=N–C) groups is 1. The van der Waals surface area contributed by atoms with Crippen molar-refractivity contribution < 1.29 is 4.52 Å². The molecule has 7 heteroatoms. The van der Waals surface area contributed by atoms with E-state index in [0.717, 1.165) is 60.2 Å². The zero-order valence-electron chi connectivity index (χ0n) is 15.6. The van der Waals surface area contributed by atoms with E-state index in [1.54, 1.807) is 7.05 Å². The molecule has 0 bridgehead atoms. The normalized spacial score (nSPS) is 11.2. The van der Waals surface area contributed by atoms with Crippen LogP contribution in [0, 0.1) is 0 Å². The molecule has 0 unspecified atom stereocenters. The number of halogens is 2. The van der Waals surface area contributed by atoms with Crippen LogP contribution in [0.3, 0.4) is 0 Å². The Labute approximate surface area is 178 Å². The van der Waals surface area contributed by atoms with Gasteiger partial charge in [0.1, 0.15) is 5.76 Å². The predicted octanol–water partition coefficient (Wildman–Crippen LogP) is 4.37. The van der Waals surface area contributed by atoms with E-state index in [0.29, 0.717) is 6.54 Å². The van der Waals surface area contributed by atoms with Crippen molar-refractivity contribution in [2.75, 3.05) is 13.6 Å². The van der Waals surface area contributed by atoms with Gasteiger partial charge in [-0.1, -0.05) is 42.7 Å². The van der Waals surface area contributed by atoms with E-state index < -0.39 is 0 Å². The highest BCUT2D eigenvalue weighted by molar-refractivity contribution is 14.0. The van der Waals surface area contributed by atoms with E-state index in [4.69, 9.17) is 16.1 Å². The summed E-state index contributed by atoms with van der Waals surface area (Å²) in [4.78, 5) is 4.28. The van der Waals surface area contributed by atoms with Crippen LogP contribution in [-0.2, 0) is 25.8 Å². The molecule has 1 heterocycles. The van der Waals surface area contributed by atoms with Gasteiger partial charge in [0.15, 0.2) is 5.96 Å². The Balaban J connectivity index is 0.00000338. The third-order valence-corrected chi connectivity index (χ3v) is 4.36. The minimum Gasteiger partial charge on any atom is -0.361 e. The van der Waals surface area contributed by atoms with Gasteiger partial charge in [0.2, 0.25) is 0 Å². The van der Waals surface area contributed by atoms with Crippen molar-refractivity contribution >= 4 is 41.5 Å². The van der Waals surface area contributed by atoms with Gasteiger partial charge in [-0.3, -0.25) is 4.99 Å². The maximum absolute atomic E-state index is 5.91. The van der Waals surface area contributed by atoms with Gasteiger partial charge in [0.05, 0.1) is 5.69 Å². The number of rotatable bonds is 8. The molecule has 0 radical (unpaired) electrons. The molecule has 2 N–H and O–H groups in total. The Bertz CT molecular complexity index is 664. The lowest BCUT2D eigenvalue weighted by Crippen LogP contribution is -2.37. The topological polar surface area (TPSA) is 62.5 Å². The molecular formula is C19H28ClIN4O. The molecule has 0 atom stereocenters. The van der Waals surface area contributed by atoms with Crippen molar-refractivity contribution in [1.29, 1.82) is 0 Å². The highest BCUT2D eigenvalue weighted by atomic mass is 127. The number of nitrogens with zero attached hydrogens (tertiary/aromatic N) is 2.